The Bertz CT molecular complexity index is 1300. The summed E-state index contributed by atoms with van der Waals surface area (Å²) in [7, 11) is 0. The third-order valence-corrected chi connectivity index (χ3v) is 4.66. The van der Waals surface area contributed by atoms with Crippen LogP contribution in [0.4, 0.5) is 23.0 Å². The molecule has 0 fully saturated rings. The lowest BCUT2D eigenvalue weighted by Gasteiger charge is -2.07. The van der Waals surface area contributed by atoms with E-state index in [-0.39, 0.29) is 11.4 Å². The van der Waals surface area contributed by atoms with Gasteiger partial charge in [0.1, 0.15) is 0 Å². The van der Waals surface area contributed by atoms with E-state index >= 15 is 0 Å². The summed E-state index contributed by atoms with van der Waals surface area (Å²) in [5, 5.41) is 39.6. The molecule has 12 nitrogen and oxygen atoms in total. The van der Waals surface area contributed by atoms with Crippen molar-refractivity contribution in [2.24, 2.45) is 10.2 Å². The predicted octanol–water partition coefficient (Wildman–Crippen LogP) is 4.34. The molecule has 0 radical (unpaired) electrons. The summed E-state index contributed by atoms with van der Waals surface area (Å²) in [6.45, 7) is 0. The lowest BCUT2D eigenvalue weighted by atomic mass is 10.2. The molecule has 3 aromatic carbocycles. The van der Waals surface area contributed by atoms with Gasteiger partial charge in [0.25, 0.3) is 11.4 Å². The monoisotopic (exact) mass is 456 g/mol. The zero-order chi connectivity index (χ0) is 23.9. The topological polar surface area (TPSA) is 161 Å². The van der Waals surface area contributed by atoms with Gasteiger partial charge in [-0.15, -0.1) is 10.2 Å². The Kier molecular flexibility index (Phi) is 6.40. The molecule has 34 heavy (non-hydrogen) atoms. The van der Waals surface area contributed by atoms with Crippen molar-refractivity contribution in [3.63, 3.8) is 0 Å². The molecule has 0 saturated heterocycles. The number of aromatic nitrogens is 2. The van der Waals surface area contributed by atoms with Gasteiger partial charge in [-0.25, -0.2) is 0 Å². The smallest absolute Gasteiger partial charge is 0.259 e. The molecule has 1 aromatic heterocycles. The Morgan fingerprint density at radius 1 is 0.647 bits per heavy atom. The first kappa shape index (κ1) is 22.0. The number of hydrogen-bond acceptors (Lipinski definition) is 10. The normalized spacial score (nSPS) is 11.2. The van der Waals surface area contributed by atoms with Gasteiger partial charge >= 0.3 is 0 Å². The van der Waals surface area contributed by atoms with Crippen LogP contribution in [0.3, 0.4) is 0 Å². The Balaban J connectivity index is 1.48. The lowest BCUT2D eigenvalue weighted by molar-refractivity contribution is -0.385. The number of nitro benzene ring substituents is 2. The van der Waals surface area contributed by atoms with Crippen LogP contribution < -0.4 is 10.9 Å². The van der Waals surface area contributed by atoms with Crippen LogP contribution in [-0.4, -0.2) is 32.5 Å². The Labute approximate surface area is 192 Å². The second-order valence-electron chi connectivity index (χ2n) is 6.88. The Morgan fingerprint density at radius 2 is 1.03 bits per heavy atom. The summed E-state index contributed by atoms with van der Waals surface area (Å²) in [6.07, 6.45) is 3.03. The standard InChI is InChI=1S/C22H16N8O4/c31-29(32)17-9-5-15(6-10-17)13-23-25-21-19-3-1-2-4-20(19)22(28-27-21)26-24-14-16-7-11-18(12-8-16)30(33)34/h1-14H,(H,25,27)(H,26,28)/b23-13-,24-14-. The molecule has 4 aromatic rings. The van der Waals surface area contributed by atoms with Crippen LogP contribution in [-0.2, 0) is 0 Å². The molecule has 0 spiro atoms. The molecule has 0 bridgehead atoms. The highest BCUT2D eigenvalue weighted by Crippen LogP contribution is 2.26. The van der Waals surface area contributed by atoms with E-state index in [1.54, 1.807) is 24.3 Å². The Hall–Kier alpha value is -5.26. The highest BCUT2D eigenvalue weighted by atomic mass is 16.6. The number of non-ortho nitro benzene ring substituents is 2. The first-order valence-electron chi connectivity index (χ1n) is 9.84. The molecule has 168 valence electrons. The molecular formula is C22H16N8O4. The molecule has 4 rings (SSSR count). The van der Waals surface area contributed by atoms with E-state index in [0.29, 0.717) is 22.8 Å². The average molecular weight is 456 g/mol. The minimum atomic E-state index is -0.466. The third-order valence-electron chi connectivity index (χ3n) is 4.66. The summed E-state index contributed by atoms with van der Waals surface area (Å²) in [4.78, 5) is 20.6. The van der Waals surface area contributed by atoms with Crippen LogP contribution in [0.15, 0.2) is 83.0 Å². The minimum Gasteiger partial charge on any atom is -0.259 e. The fourth-order valence-corrected chi connectivity index (χ4v) is 2.97. The summed E-state index contributed by atoms with van der Waals surface area (Å²) >= 11 is 0. The molecule has 0 atom stereocenters. The maximum atomic E-state index is 10.7. The molecule has 0 aliphatic rings. The van der Waals surface area contributed by atoms with Gasteiger partial charge in [0, 0.05) is 35.0 Å². The van der Waals surface area contributed by atoms with Crippen LogP contribution in [0, 0.1) is 20.2 Å². The van der Waals surface area contributed by atoms with Gasteiger partial charge in [-0.05, 0) is 35.4 Å². The molecule has 0 amide bonds. The molecule has 0 aliphatic heterocycles. The second-order valence-corrected chi connectivity index (χ2v) is 6.88. The number of nitrogens with zero attached hydrogens (tertiary/aromatic N) is 6. The van der Waals surface area contributed by atoms with Crippen molar-refractivity contribution < 1.29 is 9.85 Å². The molecule has 0 unspecified atom stereocenters. The molecule has 1 heterocycles. The minimum absolute atomic E-state index is 0.00120. The zero-order valence-corrected chi connectivity index (χ0v) is 17.4. The average Bonchev–Trinajstić information content (AvgIpc) is 2.85. The van der Waals surface area contributed by atoms with Crippen LogP contribution in [0.2, 0.25) is 0 Å². The maximum absolute atomic E-state index is 10.7. The van der Waals surface area contributed by atoms with E-state index in [1.807, 2.05) is 24.3 Å². The van der Waals surface area contributed by atoms with E-state index < -0.39 is 9.85 Å². The van der Waals surface area contributed by atoms with Gasteiger partial charge in [0.05, 0.1) is 22.3 Å². The van der Waals surface area contributed by atoms with Gasteiger partial charge in [-0.3, -0.25) is 31.1 Å². The number of hydrazone groups is 2. The number of hydrogen-bond donors (Lipinski definition) is 2. The molecule has 12 heteroatoms. The van der Waals surface area contributed by atoms with Gasteiger partial charge in [0.2, 0.25) is 0 Å². The van der Waals surface area contributed by atoms with Crippen molar-refractivity contribution >= 4 is 46.2 Å². The van der Waals surface area contributed by atoms with Crippen LogP contribution in [0.1, 0.15) is 11.1 Å². The summed E-state index contributed by atoms with van der Waals surface area (Å²) in [6, 6.07) is 19.3. The second kappa shape index (κ2) is 9.91. The number of nitrogens with one attached hydrogen (secondary N) is 2. The van der Waals surface area contributed by atoms with E-state index in [2.05, 4.69) is 31.3 Å². The van der Waals surface area contributed by atoms with Gasteiger partial charge in [-0.1, -0.05) is 24.3 Å². The van der Waals surface area contributed by atoms with Crippen molar-refractivity contribution in [1.29, 1.82) is 0 Å². The first-order valence-corrected chi connectivity index (χ1v) is 9.84. The van der Waals surface area contributed by atoms with E-state index in [4.69, 9.17) is 0 Å². The Morgan fingerprint density at radius 3 is 1.38 bits per heavy atom. The fraction of sp³-hybridized carbons (Fsp3) is 0. The van der Waals surface area contributed by atoms with Crippen LogP contribution >= 0.6 is 0 Å². The SMILES string of the molecule is O=[N+]([O-])c1ccc(/C=N\Nc2nnc(N/N=C\c3ccc([N+](=O)[O-])cc3)c3ccccc23)cc1. The third kappa shape index (κ3) is 5.13. The first-order chi connectivity index (χ1) is 16.5. The van der Waals surface area contributed by atoms with Crippen molar-refractivity contribution in [3.8, 4) is 0 Å². The number of rotatable bonds is 8. The highest BCUT2D eigenvalue weighted by molar-refractivity contribution is 5.98. The van der Waals surface area contributed by atoms with Crippen molar-refractivity contribution in [3.05, 3.63) is 104 Å². The van der Waals surface area contributed by atoms with Crippen molar-refractivity contribution in [2.75, 3.05) is 10.9 Å². The fourth-order valence-electron chi connectivity index (χ4n) is 2.97. The van der Waals surface area contributed by atoms with Crippen molar-refractivity contribution in [2.45, 2.75) is 0 Å². The van der Waals surface area contributed by atoms with Gasteiger partial charge in [-0.2, -0.15) is 10.2 Å². The number of anilines is 2. The van der Waals surface area contributed by atoms with Crippen LogP contribution in [0.5, 0.6) is 0 Å². The maximum Gasteiger partial charge on any atom is 0.269 e. The molecule has 2 N–H and O–H groups in total. The summed E-state index contributed by atoms with van der Waals surface area (Å²) in [5.74, 6) is 0.831. The van der Waals surface area contributed by atoms with E-state index in [0.717, 1.165) is 10.8 Å². The van der Waals surface area contributed by atoms with E-state index in [9.17, 15) is 20.2 Å². The van der Waals surface area contributed by atoms with Crippen molar-refractivity contribution in [1.82, 2.24) is 10.2 Å². The van der Waals surface area contributed by atoms with Crippen LogP contribution in [0.25, 0.3) is 10.8 Å². The molecular weight excluding hydrogens is 440 g/mol. The quantitative estimate of drug-likeness (QED) is 0.225. The summed E-state index contributed by atoms with van der Waals surface area (Å²) in [5.41, 5.74) is 7.03. The predicted molar refractivity (Wildman–Crippen MR) is 128 cm³/mol. The molecule has 0 aliphatic carbocycles. The van der Waals surface area contributed by atoms with Gasteiger partial charge < -0.3 is 0 Å². The van der Waals surface area contributed by atoms with E-state index in [1.165, 1.54) is 36.7 Å². The number of fused-ring (bicyclic) bond motifs is 1. The summed E-state index contributed by atoms with van der Waals surface area (Å²) < 4.78 is 0. The zero-order valence-electron chi connectivity index (χ0n) is 17.4. The largest absolute Gasteiger partial charge is 0.269 e. The van der Waals surface area contributed by atoms with Gasteiger partial charge in [0.15, 0.2) is 11.6 Å². The number of benzene rings is 3. The number of nitro groups is 2. The molecule has 0 saturated carbocycles. The highest BCUT2D eigenvalue weighted by Gasteiger charge is 2.08. The lowest BCUT2D eigenvalue weighted by Crippen LogP contribution is -2.01.